The highest BCUT2D eigenvalue weighted by molar-refractivity contribution is 7.89. The van der Waals surface area contributed by atoms with Gasteiger partial charge in [0.15, 0.2) is 0 Å². The van der Waals surface area contributed by atoms with Gasteiger partial charge in [0.05, 0.1) is 4.90 Å². The number of sulfonamides is 1. The van der Waals surface area contributed by atoms with Crippen molar-refractivity contribution in [2.75, 3.05) is 6.54 Å². The second-order valence-electron chi connectivity index (χ2n) is 5.55. The Labute approximate surface area is 126 Å². The molecule has 2 rings (SSSR count). The van der Waals surface area contributed by atoms with E-state index < -0.39 is 10.0 Å². The van der Waals surface area contributed by atoms with Gasteiger partial charge in [0.25, 0.3) is 0 Å². The van der Waals surface area contributed by atoms with Gasteiger partial charge in [0, 0.05) is 17.1 Å². The van der Waals surface area contributed by atoms with Crippen LogP contribution in [0.1, 0.15) is 38.7 Å². The summed E-state index contributed by atoms with van der Waals surface area (Å²) >= 11 is 6.16. The van der Waals surface area contributed by atoms with Gasteiger partial charge in [-0.15, -0.1) is 0 Å². The first kappa shape index (κ1) is 15.8. The summed E-state index contributed by atoms with van der Waals surface area (Å²) in [6.45, 7) is 5.43. The van der Waals surface area contributed by atoms with E-state index in [1.165, 1.54) is 6.07 Å². The molecule has 0 heterocycles. The van der Waals surface area contributed by atoms with Gasteiger partial charge in [0.1, 0.15) is 0 Å². The molecule has 1 aliphatic carbocycles. The molecule has 1 aromatic carbocycles. The molecule has 112 valence electrons. The number of halogens is 1. The topological polar surface area (TPSA) is 58.2 Å². The smallest absolute Gasteiger partial charge is 0.241 e. The van der Waals surface area contributed by atoms with Crippen LogP contribution < -0.4 is 10.0 Å². The van der Waals surface area contributed by atoms with Crippen LogP contribution in [0.5, 0.6) is 0 Å². The normalized spacial score (nSPS) is 17.8. The van der Waals surface area contributed by atoms with Crippen LogP contribution in [0.2, 0.25) is 5.02 Å². The van der Waals surface area contributed by atoms with E-state index in [1.807, 2.05) is 13.8 Å². The first-order valence-electron chi connectivity index (χ1n) is 6.89. The number of hydrogen-bond donors (Lipinski definition) is 2. The van der Waals surface area contributed by atoms with Gasteiger partial charge in [-0.2, -0.15) is 0 Å². The van der Waals surface area contributed by atoms with E-state index in [1.54, 1.807) is 12.1 Å². The summed E-state index contributed by atoms with van der Waals surface area (Å²) in [6.07, 6.45) is 2.85. The Bertz CT molecular complexity index is 583. The summed E-state index contributed by atoms with van der Waals surface area (Å²) in [6, 6.07) is 4.91. The Morgan fingerprint density at radius 1 is 1.35 bits per heavy atom. The van der Waals surface area contributed by atoms with E-state index >= 15 is 0 Å². The quantitative estimate of drug-likeness (QED) is 0.848. The Morgan fingerprint density at radius 3 is 2.55 bits per heavy atom. The highest BCUT2D eigenvalue weighted by Gasteiger charge is 2.36. The second-order valence-corrected chi connectivity index (χ2v) is 7.64. The maximum absolute atomic E-state index is 12.3. The molecule has 0 saturated heterocycles. The second kappa shape index (κ2) is 6.02. The van der Waals surface area contributed by atoms with E-state index in [0.717, 1.165) is 31.4 Å². The average molecular weight is 317 g/mol. The molecule has 0 atom stereocenters. The monoisotopic (exact) mass is 316 g/mol. The van der Waals surface area contributed by atoms with Crippen molar-refractivity contribution in [3.63, 3.8) is 0 Å². The van der Waals surface area contributed by atoms with Crippen LogP contribution in [0.25, 0.3) is 0 Å². The third kappa shape index (κ3) is 3.52. The zero-order chi connectivity index (χ0) is 14.8. The minimum atomic E-state index is -3.49. The van der Waals surface area contributed by atoms with Gasteiger partial charge in [-0.3, -0.25) is 0 Å². The van der Waals surface area contributed by atoms with Crippen LogP contribution in [0.4, 0.5) is 0 Å². The van der Waals surface area contributed by atoms with Gasteiger partial charge in [-0.25, -0.2) is 13.1 Å². The van der Waals surface area contributed by atoms with E-state index in [0.29, 0.717) is 11.6 Å². The molecule has 0 unspecified atom stereocenters. The molecule has 6 heteroatoms. The highest BCUT2D eigenvalue weighted by Crippen LogP contribution is 2.33. The fraction of sp³-hybridized carbons (Fsp3) is 0.571. The van der Waals surface area contributed by atoms with Crippen LogP contribution in [0.15, 0.2) is 23.1 Å². The third-order valence-electron chi connectivity index (χ3n) is 3.74. The lowest BCUT2D eigenvalue weighted by Crippen LogP contribution is -2.50. The molecule has 0 aromatic heterocycles. The molecule has 0 bridgehead atoms. The van der Waals surface area contributed by atoms with Gasteiger partial charge in [0.2, 0.25) is 10.0 Å². The lowest BCUT2D eigenvalue weighted by Gasteiger charge is -2.38. The molecule has 0 aliphatic heterocycles. The molecular weight excluding hydrogens is 296 g/mol. The molecule has 0 amide bonds. The summed E-state index contributed by atoms with van der Waals surface area (Å²) < 4.78 is 27.4. The SMILES string of the molecule is CCNCc1ccc(S(=O)(=O)NC2(C)CCC2)cc1Cl. The summed E-state index contributed by atoms with van der Waals surface area (Å²) in [5.41, 5.74) is 0.607. The van der Waals surface area contributed by atoms with Crippen LogP contribution in [0, 0.1) is 0 Å². The highest BCUT2D eigenvalue weighted by atomic mass is 35.5. The fourth-order valence-corrected chi connectivity index (χ4v) is 4.09. The van der Waals surface area contributed by atoms with Crippen molar-refractivity contribution < 1.29 is 8.42 Å². The molecule has 0 spiro atoms. The molecular formula is C14H21ClN2O2S. The maximum atomic E-state index is 12.3. The molecule has 0 radical (unpaired) electrons. The zero-order valence-electron chi connectivity index (χ0n) is 11.9. The lowest BCUT2D eigenvalue weighted by molar-refractivity contribution is 0.248. The van der Waals surface area contributed by atoms with Crippen molar-refractivity contribution in [2.45, 2.75) is 50.1 Å². The Kier molecular flexibility index (Phi) is 4.74. The van der Waals surface area contributed by atoms with Crippen LogP contribution in [-0.4, -0.2) is 20.5 Å². The van der Waals surface area contributed by atoms with Crippen molar-refractivity contribution in [3.8, 4) is 0 Å². The van der Waals surface area contributed by atoms with Gasteiger partial charge >= 0.3 is 0 Å². The predicted octanol–water partition coefficient (Wildman–Crippen LogP) is 2.67. The van der Waals surface area contributed by atoms with Gasteiger partial charge in [-0.05, 0) is 50.4 Å². The summed E-state index contributed by atoms with van der Waals surface area (Å²) in [7, 11) is -3.49. The lowest BCUT2D eigenvalue weighted by atomic mass is 9.80. The first-order valence-corrected chi connectivity index (χ1v) is 8.75. The summed E-state index contributed by atoms with van der Waals surface area (Å²) in [5.74, 6) is 0. The minimum Gasteiger partial charge on any atom is -0.313 e. The summed E-state index contributed by atoms with van der Waals surface area (Å²) in [5, 5.41) is 3.65. The Morgan fingerprint density at radius 2 is 2.05 bits per heavy atom. The van der Waals surface area contributed by atoms with Crippen LogP contribution in [0.3, 0.4) is 0 Å². The van der Waals surface area contributed by atoms with Crippen molar-refractivity contribution in [1.29, 1.82) is 0 Å². The largest absolute Gasteiger partial charge is 0.313 e. The van der Waals surface area contributed by atoms with E-state index in [4.69, 9.17) is 11.6 Å². The van der Waals surface area contributed by atoms with Crippen molar-refractivity contribution >= 4 is 21.6 Å². The third-order valence-corrected chi connectivity index (χ3v) is 5.73. The Balaban J connectivity index is 2.17. The van der Waals surface area contributed by atoms with E-state index in [9.17, 15) is 8.42 Å². The molecule has 1 saturated carbocycles. The molecule has 1 fully saturated rings. The predicted molar refractivity (Wildman–Crippen MR) is 81.4 cm³/mol. The van der Waals surface area contributed by atoms with Crippen molar-refractivity contribution in [3.05, 3.63) is 28.8 Å². The molecule has 20 heavy (non-hydrogen) atoms. The molecule has 4 nitrogen and oxygen atoms in total. The molecule has 1 aliphatic rings. The number of benzene rings is 1. The minimum absolute atomic E-state index is 0.232. The van der Waals surface area contributed by atoms with Gasteiger partial charge < -0.3 is 5.32 Å². The molecule has 2 N–H and O–H groups in total. The van der Waals surface area contributed by atoms with Crippen LogP contribution in [-0.2, 0) is 16.6 Å². The van der Waals surface area contributed by atoms with E-state index in [-0.39, 0.29) is 10.4 Å². The molecule has 1 aromatic rings. The standard InChI is InChI=1S/C14H21ClN2O2S/c1-3-16-10-11-5-6-12(9-13(11)15)20(18,19)17-14(2)7-4-8-14/h5-6,9,16-17H,3-4,7-8,10H2,1-2H3. The maximum Gasteiger partial charge on any atom is 0.241 e. The average Bonchev–Trinajstić information content (AvgIpc) is 2.35. The number of nitrogens with one attached hydrogen (secondary N) is 2. The Hall–Kier alpha value is -0.620. The number of rotatable bonds is 6. The summed E-state index contributed by atoms with van der Waals surface area (Å²) in [4.78, 5) is 0.232. The first-order chi connectivity index (χ1) is 9.36. The zero-order valence-corrected chi connectivity index (χ0v) is 13.4. The van der Waals surface area contributed by atoms with Crippen LogP contribution >= 0.6 is 11.6 Å². The number of hydrogen-bond acceptors (Lipinski definition) is 3. The van der Waals surface area contributed by atoms with Crippen molar-refractivity contribution in [2.24, 2.45) is 0 Å². The van der Waals surface area contributed by atoms with Gasteiger partial charge in [-0.1, -0.05) is 24.6 Å². The fourth-order valence-electron chi connectivity index (χ4n) is 2.29. The van der Waals surface area contributed by atoms with E-state index in [2.05, 4.69) is 10.0 Å². The van der Waals surface area contributed by atoms with Crippen molar-refractivity contribution in [1.82, 2.24) is 10.0 Å².